The average molecular weight is 570 g/mol. The molecule has 29 heavy (non-hydrogen) atoms. The minimum atomic E-state index is -1.03. The number of fused-ring (bicyclic) bond motifs is 1. The minimum absolute atomic E-state index is 0.241. The fraction of sp³-hybridized carbons (Fsp3) is 0.200. The van der Waals surface area contributed by atoms with Gasteiger partial charge in [-0.15, -0.1) is 0 Å². The molecule has 0 aliphatic heterocycles. The molecular formula is C20H17BrIN3O4. The van der Waals surface area contributed by atoms with Gasteiger partial charge < -0.3 is 9.84 Å². The molecule has 0 spiro atoms. The van der Waals surface area contributed by atoms with Crippen LogP contribution < -0.4 is 10.3 Å². The van der Waals surface area contributed by atoms with Crippen LogP contribution in [0.1, 0.15) is 25.2 Å². The Hall–Kier alpha value is -2.27. The van der Waals surface area contributed by atoms with Crippen LogP contribution in [0.3, 0.4) is 0 Å². The van der Waals surface area contributed by atoms with Crippen molar-refractivity contribution in [1.82, 2.24) is 9.66 Å². The molecule has 3 aromatic rings. The standard InChI is InChI=1S/C20H17BrIN3O4/c1-3-18-24-16-6-5-13(21)9-14(16)19(26)25(18)23-10-12-4-7-17(15(22)8-12)29-11(2)20(27)28/h4-11H,3H2,1-2H3,(H,27,28)/t11-/m1/s1. The number of aromatic nitrogens is 2. The summed E-state index contributed by atoms with van der Waals surface area (Å²) in [6.07, 6.45) is 1.17. The topological polar surface area (TPSA) is 93.8 Å². The number of carbonyl (C=O) groups is 1. The van der Waals surface area contributed by atoms with Gasteiger partial charge in [-0.2, -0.15) is 9.78 Å². The molecule has 150 valence electrons. The number of hydrogen-bond donors (Lipinski definition) is 1. The molecule has 0 unspecified atom stereocenters. The number of aliphatic carboxylic acids is 1. The molecule has 9 heteroatoms. The van der Waals surface area contributed by atoms with Crippen LogP contribution in [-0.4, -0.2) is 33.1 Å². The number of ether oxygens (including phenoxy) is 1. The number of carboxylic acid groups (broad SMARTS) is 1. The molecule has 0 radical (unpaired) electrons. The molecule has 7 nitrogen and oxygen atoms in total. The third kappa shape index (κ3) is 4.84. The summed E-state index contributed by atoms with van der Waals surface area (Å²) in [5, 5.41) is 13.8. The van der Waals surface area contributed by atoms with Gasteiger partial charge in [-0.25, -0.2) is 9.78 Å². The number of benzene rings is 2. The molecule has 3 rings (SSSR count). The maximum Gasteiger partial charge on any atom is 0.344 e. The first-order valence-electron chi connectivity index (χ1n) is 8.74. The number of halogens is 2. The smallest absolute Gasteiger partial charge is 0.344 e. The van der Waals surface area contributed by atoms with Crippen LogP contribution in [0.2, 0.25) is 0 Å². The number of hydrogen-bond acceptors (Lipinski definition) is 5. The van der Waals surface area contributed by atoms with Crippen molar-refractivity contribution >= 4 is 61.6 Å². The van der Waals surface area contributed by atoms with Gasteiger partial charge in [0.05, 0.1) is 20.7 Å². The molecule has 2 aromatic carbocycles. The summed E-state index contributed by atoms with van der Waals surface area (Å²) in [4.78, 5) is 28.4. The molecule has 0 amide bonds. The van der Waals surface area contributed by atoms with Crippen LogP contribution in [-0.2, 0) is 11.2 Å². The molecule has 1 N–H and O–H groups in total. The summed E-state index contributed by atoms with van der Waals surface area (Å²) >= 11 is 5.45. The van der Waals surface area contributed by atoms with Gasteiger partial charge in [0, 0.05) is 10.9 Å². The lowest BCUT2D eigenvalue weighted by atomic mass is 10.2. The Kier molecular flexibility index (Phi) is 6.68. The van der Waals surface area contributed by atoms with E-state index in [0.717, 1.165) is 13.6 Å². The highest BCUT2D eigenvalue weighted by molar-refractivity contribution is 14.1. The van der Waals surface area contributed by atoms with Crippen molar-refractivity contribution in [2.24, 2.45) is 5.10 Å². The molecule has 0 saturated carbocycles. The maximum absolute atomic E-state index is 12.9. The van der Waals surface area contributed by atoms with Gasteiger partial charge in [-0.05, 0) is 71.5 Å². The van der Waals surface area contributed by atoms with Crippen molar-refractivity contribution in [3.63, 3.8) is 0 Å². The summed E-state index contributed by atoms with van der Waals surface area (Å²) in [7, 11) is 0. The van der Waals surface area contributed by atoms with E-state index in [0.29, 0.717) is 28.9 Å². The van der Waals surface area contributed by atoms with Crippen molar-refractivity contribution < 1.29 is 14.6 Å². The molecule has 0 fully saturated rings. The highest BCUT2D eigenvalue weighted by atomic mass is 127. The van der Waals surface area contributed by atoms with E-state index in [1.807, 2.05) is 13.0 Å². The van der Waals surface area contributed by atoms with Crippen LogP contribution in [0.25, 0.3) is 10.9 Å². The van der Waals surface area contributed by atoms with Gasteiger partial charge in [0.1, 0.15) is 11.6 Å². The highest BCUT2D eigenvalue weighted by Gasteiger charge is 2.14. The zero-order valence-electron chi connectivity index (χ0n) is 15.6. The summed E-state index contributed by atoms with van der Waals surface area (Å²) in [5.41, 5.74) is 1.13. The van der Waals surface area contributed by atoms with E-state index in [2.05, 4.69) is 48.6 Å². The molecular weight excluding hydrogens is 553 g/mol. The normalized spacial score (nSPS) is 12.4. The number of aryl methyl sites for hydroxylation is 1. The van der Waals surface area contributed by atoms with Crippen LogP contribution in [0.15, 0.2) is 50.8 Å². The van der Waals surface area contributed by atoms with Gasteiger partial charge in [-0.3, -0.25) is 4.79 Å². The van der Waals surface area contributed by atoms with E-state index < -0.39 is 12.1 Å². The second-order valence-corrected chi connectivity index (χ2v) is 8.27. The van der Waals surface area contributed by atoms with Crippen molar-refractivity contribution in [2.45, 2.75) is 26.4 Å². The lowest BCUT2D eigenvalue weighted by Crippen LogP contribution is -2.23. The van der Waals surface area contributed by atoms with Gasteiger partial charge in [0.25, 0.3) is 5.56 Å². The van der Waals surface area contributed by atoms with Crippen LogP contribution in [0.4, 0.5) is 0 Å². The van der Waals surface area contributed by atoms with E-state index in [1.165, 1.54) is 11.6 Å². The molecule has 0 bridgehead atoms. The quantitative estimate of drug-likeness (QED) is 0.357. The monoisotopic (exact) mass is 569 g/mol. The lowest BCUT2D eigenvalue weighted by Gasteiger charge is -2.12. The van der Waals surface area contributed by atoms with Gasteiger partial charge in [0.15, 0.2) is 6.10 Å². The summed E-state index contributed by atoms with van der Waals surface area (Å²) in [5.74, 6) is 0.000595. The number of carboxylic acids is 1. The highest BCUT2D eigenvalue weighted by Crippen LogP contribution is 2.23. The SMILES string of the molecule is CCc1nc2ccc(Br)cc2c(=O)n1N=Cc1ccc(O[C@H](C)C(=O)O)c(I)c1. The van der Waals surface area contributed by atoms with Gasteiger partial charge >= 0.3 is 5.97 Å². The molecule has 0 aliphatic carbocycles. The molecule has 0 aliphatic rings. The Balaban J connectivity index is 1.96. The third-order valence-electron chi connectivity index (χ3n) is 4.12. The van der Waals surface area contributed by atoms with Crippen LogP contribution in [0, 0.1) is 3.57 Å². The Labute approximate surface area is 188 Å². The van der Waals surface area contributed by atoms with Crippen molar-refractivity contribution in [3.05, 3.63) is 66.2 Å². The minimum Gasteiger partial charge on any atom is -0.479 e. The predicted molar refractivity (Wildman–Crippen MR) is 123 cm³/mol. The first-order chi connectivity index (χ1) is 13.8. The van der Waals surface area contributed by atoms with E-state index >= 15 is 0 Å². The first-order valence-corrected chi connectivity index (χ1v) is 10.6. The Morgan fingerprint density at radius 1 is 1.38 bits per heavy atom. The zero-order valence-corrected chi connectivity index (χ0v) is 19.3. The van der Waals surface area contributed by atoms with Crippen LogP contribution in [0.5, 0.6) is 5.75 Å². The zero-order chi connectivity index (χ0) is 21.1. The number of rotatable bonds is 6. The fourth-order valence-corrected chi connectivity index (χ4v) is 3.63. The van der Waals surface area contributed by atoms with E-state index in [1.54, 1.807) is 36.5 Å². The average Bonchev–Trinajstić information content (AvgIpc) is 2.69. The predicted octanol–water partition coefficient (Wildman–Crippen LogP) is 4.06. The summed E-state index contributed by atoms with van der Waals surface area (Å²) in [6, 6.07) is 10.6. The van der Waals surface area contributed by atoms with Crippen molar-refractivity contribution in [1.29, 1.82) is 0 Å². The second kappa shape index (κ2) is 9.04. The maximum atomic E-state index is 12.9. The second-order valence-electron chi connectivity index (χ2n) is 6.19. The lowest BCUT2D eigenvalue weighted by molar-refractivity contribution is -0.144. The van der Waals surface area contributed by atoms with E-state index in [9.17, 15) is 9.59 Å². The Morgan fingerprint density at radius 3 is 2.79 bits per heavy atom. The Morgan fingerprint density at radius 2 is 2.14 bits per heavy atom. The fourth-order valence-electron chi connectivity index (χ4n) is 2.60. The summed E-state index contributed by atoms with van der Waals surface area (Å²) in [6.45, 7) is 3.38. The molecule has 1 heterocycles. The largest absolute Gasteiger partial charge is 0.479 e. The third-order valence-corrected chi connectivity index (χ3v) is 5.46. The summed E-state index contributed by atoms with van der Waals surface area (Å²) < 4.78 is 8.26. The van der Waals surface area contributed by atoms with E-state index in [-0.39, 0.29) is 5.56 Å². The van der Waals surface area contributed by atoms with Crippen molar-refractivity contribution in [3.8, 4) is 5.75 Å². The Bertz CT molecular complexity index is 1180. The van der Waals surface area contributed by atoms with E-state index in [4.69, 9.17) is 9.84 Å². The van der Waals surface area contributed by atoms with Crippen molar-refractivity contribution in [2.75, 3.05) is 0 Å². The van der Waals surface area contributed by atoms with Gasteiger partial charge in [-0.1, -0.05) is 22.9 Å². The first kappa shape index (κ1) is 21.4. The number of nitrogens with zero attached hydrogens (tertiary/aromatic N) is 3. The molecule has 0 saturated heterocycles. The van der Waals surface area contributed by atoms with Crippen LogP contribution >= 0.6 is 38.5 Å². The molecule has 1 atom stereocenters. The van der Waals surface area contributed by atoms with Gasteiger partial charge in [0.2, 0.25) is 0 Å². The molecule has 1 aromatic heterocycles.